The first kappa shape index (κ1) is 33.9. The lowest BCUT2D eigenvalue weighted by Gasteiger charge is -2.28. The first-order valence-corrected chi connectivity index (χ1v) is 20.0. The maximum absolute atomic E-state index is 6.30. The molecule has 1 aliphatic rings. The molecule has 0 N–H and O–H groups in total. The summed E-state index contributed by atoms with van der Waals surface area (Å²) in [7, 11) is 0. The highest BCUT2D eigenvalue weighted by molar-refractivity contribution is 6.06. The van der Waals surface area contributed by atoms with E-state index in [4.69, 9.17) is 4.42 Å². The Balaban J connectivity index is 0.933. The van der Waals surface area contributed by atoms with E-state index in [2.05, 4.69) is 218 Å². The van der Waals surface area contributed by atoms with Crippen LogP contribution in [0.5, 0.6) is 0 Å². The normalized spacial score (nSPS) is 12.8. The van der Waals surface area contributed by atoms with Crippen molar-refractivity contribution in [2.24, 2.45) is 0 Å². The second kappa shape index (κ2) is 13.4. The predicted octanol–water partition coefficient (Wildman–Crippen LogP) is 15.7. The zero-order valence-electron chi connectivity index (χ0n) is 32.4. The number of rotatable bonds is 7. The Hall–Kier alpha value is -7.36. The van der Waals surface area contributed by atoms with E-state index in [1.807, 2.05) is 12.1 Å². The Kier molecular flexibility index (Phi) is 7.84. The van der Waals surface area contributed by atoms with E-state index in [1.54, 1.807) is 0 Å². The van der Waals surface area contributed by atoms with Crippen LogP contribution in [0.4, 0.5) is 34.1 Å². The molecule has 0 fully saturated rings. The molecule has 276 valence electrons. The molecule has 1 aliphatic carbocycles. The lowest BCUT2D eigenvalue weighted by Crippen LogP contribution is -2.17. The summed E-state index contributed by atoms with van der Waals surface area (Å²) in [5.41, 5.74) is 16.0. The van der Waals surface area contributed by atoms with Crippen LogP contribution >= 0.6 is 0 Å². The van der Waals surface area contributed by atoms with E-state index in [-0.39, 0.29) is 5.41 Å². The number of para-hydroxylation sites is 3. The van der Waals surface area contributed by atoms with Crippen LogP contribution in [0.25, 0.3) is 55.0 Å². The van der Waals surface area contributed by atoms with Crippen molar-refractivity contribution < 1.29 is 4.42 Å². The van der Waals surface area contributed by atoms with Crippen molar-refractivity contribution in [1.82, 2.24) is 0 Å². The number of furan rings is 1. The van der Waals surface area contributed by atoms with Crippen LogP contribution in [0.15, 0.2) is 211 Å². The maximum atomic E-state index is 6.30. The lowest BCUT2D eigenvalue weighted by molar-refractivity contribution is 0.666. The molecule has 0 radical (unpaired) electrons. The molecule has 0 atom stereocenters. The molecule has 11 rings (SSSR count). The van der Waals surface area contributed by atoms with Gasteiger partial charge in [-0.1, -0.05) is 135 Å². The zero-order chi connectivity index (χ0) is 38.8. The molecule has 0 saturated carbocycles. The minimum atomic E-state index is -0.143. The molecule has 0 aliphatic heterocycles. The van der Waals surface area contributed by atoms with Crippen LogP contribution in [0.2, 0.25) is 0 Å². The summed E-state index contributed by atoms with van der Waals surface area (Å²) < 4.78 is 6.30. The van der Waals surface area contributed by atoms with Gasteiger partial charge in [0.15, 0.2) is 0 Å². The highest BCUT2D eigenvalue weighted by Gasteiger charge is 2.37. The zero-order valence-corrected chi connectivity index (χ0v) is 32.4. The summed E-state index contributed by atoms with van der Waals surface area (Å²) in [6.45, 7) is 4.75. The molecule has 3 heteroatoms. The second-order valence-electron chi connectivity index (χ2n) is 15.8. The Labute approximate surface area is 338 Å². The first-order valence-electron chi connectivity index (χ1n) is 20.0. The summed E-state index contributed by atoms with van der Waals surface area (Å²) >= 11 is 0. The molecule has 0 saturated heterocycles. The Morgan fingerprint density at radius 2 is 0.845 bits per heavy atom. The monoisotopic (exact) mass is 744 g/mol. The molecular formula is C55H40N2O. The number of fused-ring (bicyclic) bond motifs is 8. The number of hydrogen-bond donors (Lipinski definition) is 0. The lowest BCUT2D eigenvalue weighted by atomic mass is 9.80. The van der Waals surface area contributed by atoms with Crippen LogP contribution < -0.4 is 9.80 Å². The second-order valence-corrected chi connectivity index (χ2v) is 15.8. The molecular weight excluding hydrogens is 705 g/mol. The molecule has 10 aromatic rings. The molecule has 3 nitrogen and oxygen atoms in total. The first-order chi connectivity index (χ1) is 28.5. The van der Waals surface area contributed by atoms with Gasteiger partial charge in [0.05, 0.1) is 0 Å². The summed E-state index contributed by atoms with van der Waals surface area (Å²) in [4.78, 5) is 4.66. The smallest absolute Gasteiger partial charge is 0.137 e. The number of benzene rings is 9. The van der Waals surface area contributed by atoms with Crippen LogP contribution in [0, 0.1) is 0 Å². The van der Waals surface area contributed by atoms with Gasteiger partial charge in [0.2, 0.25) is 0 Å². The fourth-order valence-electron chi connectivity index (χ4n) is 9.24. The van der Waals surface area contributed by atoms with E-state index in [0.717, 1.165) is 67.2 Å². The van der Waals surface area contributed by atoms with Gasteiger partial charge in [-0.25, -0.2) is 0 Å². The highest BCUT2D eigenvalue weighted by Crippen LogP contribution is 2.53. The topological polar surface area (TPSA) is 19.6 Å². The average molecular weight is 745 g/mol. The van der Waals surface area contributed by atoms with E-state index >= 15 is 0 Å². The van der Waals surface area contributed by atoms with Crippen LogP contribution in [-0.4, -0.2) is 0 Å². The molecule has 0 bridgehead atoms. The van der Waals surface area contributed by atoms with Crippen molar-refractivity contribution in [3.8, 4) is 22.3 Å². The van der Waals surface area contributed by atoms with Gasteiger partial charge in [0, 0.05) is 56.4 Å². The SMILES string of the molecule is CC1(C)c2cc(N(c3ccccc3)c3ccc(-c4ccc(N(c5ccccc5)c5ccc6c(c5)oc5ccccc56)cc4)cc3)ccc2-c2ccc3ccccc3c21. The molecule has 58 heavy (non-hydrogen) atoms. The molecule has 1 heterocycles. The van der Waals surface area contributed by atoms with Crippen molar-refractivity contribution in [3.05, 3.63) is 217 Å². The van der Waals surface area contributed by atoms with E-state index in [0.29, 0.717) is 0 Å². The summed E-state index contributed by atoms with van der Waals surface area (Å²) in [6.07, 6.45) is 0. The molecule has 0 spiro atoms. The largest absolute Gasteiger partial charge is 0.456 e. The number of anilines is 6. The summed E-state index contributed by atoms with van der Waals surface area (Å²) in [5, 5.41) is 4.88. The van der Waals surface area contributed by atoms with E-state index < -0.39 is 0 Å². The van der Waals surface area contributed by atoms with Gasteiger partial charge < -0.3 is 14.2 Å². The molecule has 9 aromatic carbocycles. The van der Waals surface area contributed by atoms with Gasteiger partial charge in [0.25, 0.3) is 0 Å². The minimum absolute atomic E-state index is 0.143. The van der Waals surface area contributed by atoms with Gasteiger partial charge in [0.1, 0.15) is 11.2 Å². The van der Waals surface area contributed by atoms with Gasteiger partial charge >= 0.3 is 0 Å². The Morgan fingerprint density at radius 3 is 1.50 bits per heavy atom. The quantitative estimate of drug-likeness (QED) is 0.162. The van der Waals surface area contributed by atoms with Crippen LogP contribution in [0.3, 0.4) is 0 Å². The number of hydrogen-bond acceptors (Lipinski definition) is 3. The fraction of sp³-hybridized carbons (Fsp3) is 0.0545. The molecule has 1 aromatic heterocycles. The third-order valence-corrected chi connectivity index (χ3v) is 12.0. The third kappa shape index (κ3) is 5.50. The summed E-state index contributed by atoms with van der Waals surface area (Å²) in [6, 6.07) is 74.2. The summed E-state index contributed by atoms with van der Waals surface area (Å²) in [5.74, 6) is 0. The maximum Gasteiger partial charge on any atom is 0.137 e. The Bertz CT molecular complexity index is 3130. The van der Waals surface area contributed by atoms with Gasteiger partial charge in [-0.3, -0.25) is 0 Å². The minimum Gasteiger partial charge on any atom is -0.456 e. The third-order valence-electron chi connectivity index (χ3n) is 12.0. The molecule has 0 unspecified atom stereocenters. The number of nitrogens with zero attached hydrogens (tertiary/aromatic N) is 2. The van der Waals surface area contributed by atoms with Crippen molar-refractivity contribution in [2.75, 3.05) is 9.80 Å². The van der Waals surface area contributed by atoms with E-state index in [9.17, 15) is 0 Å². The predicted molar refractivity (Wildman–Crippen MR) is 244 cm³/mol. The van der Waals surface area contributed by atoms with Crippen molar-refractivity contribution in [2.45, 2.75) is 19.3 Å². The van der Waals surface area contributed by atoms with Gasteiger partial charge in [-0.15, -0.1) is 0 Å². The molecule has 0 amide bonds. The fourth-order valence-corrected chi connectivity index (χ4v) is 9.24. The highest BCUT2D eigenvalue weighted by atomic mass is 16.3. The van der Waals surface area contributed by atoms with Crippen LogP contribution in [0.1, 0.15) is 25.0 Å². The Morgan fingerprint density at radius 1 is 0.362 bits per heavy atom. The van der Waals surface area contributed by atoms with Gasteiger partial charge in [-0.05, 0) is 123 Å². The van der Waals surface area contributed by atoms with Crippen molar-refractivity contribution >= 4 is 66.8 Å². The average Bonchev–Trinajstić information content (AvgIpc) is 3.76. The van der Waals surface area contributed by atoms with Crippen molar-refractivity contribution in [3.63, 3.8) is 0 Å². The van der Waals surface area contributed by atoms with Crippen LogP contribution in [-0.2, 0) is 5.41 Å². The standard InChI is InChI=1S/C55H40N2O/c1-55(2)51-35-44(30-33-47(51)50-32-25-39-13-9-10-18-46(39)54(50)55)56(40-14-5-3-6-15-40)42-26-21-37(22-27-42)38-23-28-43(29-24-38)57(41-16-7-4-8-17-41)45-31-34-49-48-19-11-12-20-52(48)58-53(49)36-45/h3-36H,1-2H3. The van der Waals surface area contributed by atoms with Crippen molar-refractivity contribution in [1.29, 1.82) is 0 Å². The van der Waals surface area contributed by atoms with Gasteiger partial charge in [-0.2, -0.15) is 0 Å². The van der Waals surface area contributed by atoms with E-state index in [1.165, 1.54) is 33.0 Å².